The lowest BCUT2D eigenvalue weighted by atomic mass is 9.96. The maximum atomic E-state index is 12.7. The summed E-state index contributed by atoms with van der Waals surface area (Å²) in [4.78, 5) is 14.6. The molecule has 0 aliphatic carbocycles. The van der Waals surface area contributed by atoms with Gasteiger partial charge in [-0.05, 0) is 62.9 Å². The largest absolute Gasteiger partial charge is 0.496 e. The first-order valence-electron chi connectivity index (χ1n) is 10.8. The Balaban J connectivity index is 1.78. The number of hydrogen-bond donors (Lipinski definition) is 0. The molecule has 0 radical (unpaired) electrons. The number of hydrogen-bond acceptors (Lipinski definition) is 4. The maximum absolute atomic E-state index is 12.7. The van der Waals surface area contributed by atoms with E-state index in [-0.39, 0.29) is 5.91 Å². The van der Waals surface area contributed by atoms with Crippen molar-refractivity contribution >= 4 is 22.4 Å². The zero-order valence-corrected chi connectivity index (χ0v) is 18.7. The molecule has 162 valence electrons. The Kier molecular flexibility index (Phi) is 6.03. The van der Waals surface area contributed by atoms with Crippen molar-refractivity contribution < 1.29 is 18.7 Å². The van der Waals surface area contributed by atoms with Gasteiger partial charge in [-0.2, -0.15) is 0 Å². The van der Waals surface area contributed by atoms with Crippen LogP contribution in [0.5, 0.6) is 11.5 Å². The van der Waals surface area contributed by atoms with E-state index >= 15 is 0 Å². The van der Waals surface area contributed by atoms with Gasteiger partial charge in [0.15, 0.2) is 0 Å². The van der Waals surface area contributed by atoms with E-state index in [9.17, 15) is 4.79 Å². The van der Waals surface area contributed by atoms with E-state index in [4.69, 9.17) is 13.9 Å². The topological polar surface area (TPSA) is 51.9 Å². The molecule has 0 saturated carbocycles. The second-order valence-electron chi connectivity index (χ2n) is 7.93. The van der Waals surface area contributed by atoms with E-state index in [1.165, 1.54) is 0 Å². The van der Waals surface area contributed by atoms with E-state index in [1.807, 2.05) is 49.9 Å². The average Bonchev–Trinajstić information content (AvgIpc) is 3.45. The summed E-state index contributed by atoms with van der Waals surface area (Å²) >= 11 is 0. The molecule has 1 amide bonds. The van der Waals surface area contributed by atoms with Crippen molar-refractivity contribution in [2.24, 2.45) is 0 Å². The third-order valence-electron chi connectivity index (χ3n) is 5.91. The fraction of sp³-hybridized carbons (Fsp3) is 0.346. The minimum atomic E-state index is 0.0636. The highest BCUT2D eigenvalue weighted by molar-refractivity contribution is 6.01. The molecular formula is C26H29NO4. The first-order chi connectivity index (χ1) is 15.0. The molecule has 0 unspecified atom stereocenters. The molecule has 3 aromatic rings. The monoisotopic (exact) mass is 419 g/mol. The van der Waals surface area contributed by atoms with Gasteiger partial charge in [0, 0.05) is 41.2 Å². The van der Waals surface area contributed by atoms with Crippen molar-refractivity contribution in [2.45, 2.75) is 33.6 Å². The van der Waals surface area contributed by atoms with Crippen LogP contribution in [0.2, 0.25) is 0 Å². The molecule has 4 rings (SSSR count). The van der Waals surface area contributed by atoms with Gasteiger partial charge < -0.3 is 18.8 Å². The van der Waals surface area contributed by atoms with Gasteiger partial charge in [0.1, 0.15) is 17.1 Å². The summed E-state index contributed by atoms with van der Waals surface area (Å²) in [6.07, 6.45) is 5.66. The standard InChI is InChI=1S/C26H29NO4/c1-5-30-20-10-8-19(9-11-20)23-16-31-26-18(3)25(29-4)21(15-22(23)26)17(2)14-24(28)27-12-6-7-13-27/h8-11,14-16H,5-7,12-13H2,1-4H3/b17-14+. The Morgan fingerprint density at radius 2 is 1.90 bits per heavy atom. The fourth-order valence-electron chi connectivity index (χ4n) is 4.28. The Hall–Kier alpha value is -3.21. The van der Waals surface area contributed by atoms with Crippen LogP contribution in [0.1, 0.15) is 37.8 Å². The number of carbonyl (C=O) groups is 1. The number of furan rings is 1. The first kappa shape index (κ1) is 21.0. The molecule has 1 aliphatic rings. The molecule has 2 heterocycles. The van der Waals surface area contributed by atoms with Crippen LogP contribution in [0, 0.1) is 6.92 Å². The molecule has 5 nitrogen and oxygen atoms in total. The molecule has 0 spiro atoms. The molecule has 1 aromatic heterocycles. The quantitative estimate of drug-likeness (QED) is 0.471. The van der Waals surface area contributed by atoms with Crippen LogP contribution in [-0.2, 0) is 4.79 Å². The van der Waals surface area contributed by atoms with Gasteiger partial charge in [-0.1, -0.05) is 12.1 Å². The van der Waals surface area contributed by atoms with E-state index < -0.39 is 0 Å². The van der Waals surface area contributed by atoms with Gasteiger partial charge in [0.2, 0.25) is 5.91 Å². The number of nitrogens with zero attached hydrogens (tertiary/aromatic N) is 1. The summed E-state index contributed by atoms with van der Waals surface area (Å²) in [5.74, 6) is 1.65. The lowest BCUT2D eigenvalue weighted by Gasteiger charge is -2.16. The molecule has 2 aromatic carbocycles. The smallest absolute Gasteiger partial charge is 0.246 e. The zero-order valence-electron chi connectivity index (χ0n) is 18.7. The summed E-state index contributed by atoms with van der Waals surface area (Å²) in [7, 11) is 1.66. The van der Waals surface area contributed by atoms with Crippen molar-refractivity contribution in [3.63, 3.8) is 0 Å². The highest BCUT2D eigenvalue weighted by atomic mass is 16.5. The molecule has 1 aliphatic heterocycles. The van der Waals surface area contributed by atoms with E-state index in [0.29, 0.717) is 6.61 Å². The minimum Gasteiger partial charge on any atom is -0.496 e. The van der Waals surface area contributed by atoms with Gasteiger partial charge in [-0.3, -0.25) is 4.79 Å². The molecule has 1 saturated heterocycles. The number of rotatable bonds is 6. The Morgan fingerprint density at radius 3 is 2.55 bits per heavy atom. The van der Waals surface area contributed by atoms with Crippen LogP contribution in [0.4, 0.5) is 0 Å². The summed E-state index contributed by atoms with van der Waals surface area (Å²) in [5, 5.41) is 0.999. The van der Waals surface area contributed by atoms with Gasteiger partial charge in [0.05, 0.1) is 20.0 Å². The molecule has 0 N–H and O–H groups in total. The van der Waals surface area contributed by atoms with Gasteiger partial charge in [-0.15, -0.1) is 0 Å². The fourth-order valence-corrected chi connectivity index (χ4v) is 4.28. The third kappa shape index (κ3) is 4.05. The van der Waals surface area contributed by atoms with Crippen molar-refractivity contribution in [3.8, 4) is 22.6 Å². The maximum Gasteiger partial charge on any atom is 0.246 e. The lowest BCUT2D eigenvalue weighted by Crippen LogP contribution is -2.25. The normalized spacial score (nSPS) is 14.3. The van der Waals surface area contributed by atoms with Crippen LogP contribution in [0.15, 0.2) is 47.1 Å². The number of amides is 1. The second kappa shape index (κ2) is 8.88. The number of ether oxygens (including phenoxy) is 2. The molecule has 1 fully saturated rings. The SMILES string of the molecule is CCOc1ccc(-c2coc3c(C)c(OC)c(/C(C)=C/C(=O)N4CCCC4)cc23)cc1. The number of carbonyl (C=O) groups excluding carboxylic acids is 1. The van der Waals surface area contributed by atoms with E-state index in [1.54, 1.807) is 19.4 Å². The van der Waals surface area contributed by atoms with Crippen molar-refractivity contribution in [2.75, 3.05) is 26.8 Å². The predicted molar refractivity (Wildman–Crippen MR) is 124 cm³/mol. The minimum absolute atomic E-state index is 0.0636. The van der Waals surface area contributed by atoms with E-state index in [0.717, 1.165) is 76.2 Å². The average molecular weight is 420 g/mol. The molecule has 0 bridgehead atoms. The van der Waals surface area contributed by atoms with Crippen molar-refractivity contribution in [1.82, 2.24) is 4.90 Å². The molecule has 5 heteroatoms. The van der Waals surface area contributed by atoms with E-state index in [2.05, 4.69) is 6.07 Å². The number of aryl methyl sites for hydroxylation is 1. The Morgan fingerprint density at radius 1 is 1.19 bits per heavy atom. The Labute approximate surface area is 183 Å². The number of fused-ring (bicyclic) bond motifs is 1. The second-order valence-corrected chi connectivity index (χ2v) is 7.93. The molecular weight excluding hydrogens is 390 g/mol. The molecule has 0 atom stereocenters. The predicted octanol–water partition coefficient (Wildman–Crippen LogP) is 5.84. The van der Waals surface area contributed by atoms with Gasteiger partial charge in [0.25, 0.3) is 0 Å². The summed E-state index contributed by atoms with van der Waals surface area (Å²) in [5.41, 5.74) is 5.57. The first-order valence-corrected chi connectivity index (χ1v) is 10.8. The van der Waals surface area contributed by atoms with Crippen molar-refractivity contribution in [1.29, 1.82) is 0 Å². The summed E-state index contributed by atoms with van der Waals surface area (Å²) < 4.78 is 17.2. The summed E-state index contributed by atoms with van der Waals surface area (Å²) in [6.45, 7) is 8.24. The Bertz CT molecular complexity index is 1120. The van der Waals surface area contributed by atoms with Crippen LogP contribution in [-0.4, -0.2) is 37.6 Å². The number of methoxy groups -OCH3 is 1. The van der Waals surface area contributed by atoms with Crippen LogP contribution in [0.25, 0.3) is 27.7 Å². The number of likely N-dealkylation sites (tertiary alicyclic amines) is 1. The van der Waals surface area contributed by atoms with Crippen LogP contribution in [0.3, 0.4) is 0 Å². The summed E-state index contributed by atoms with van der Waals surface area (Å²) in [6, 6.07) is 10.1. The lowest BCUT2D eigenvalue weighted by molar-refractivity contribution is -0.124. The molecule has 31 heavy (non-hydrogen) atoms. The highest BCUT2D eigenvalue weighted by Crippen LogP contribution is 2.40. The zero-order chi connectivity index (χ0) is 22.0. The van der Waals surface area contributed by atoms with Gasteiger partial charge in [-0.25, -0.2) is 0 Å². The van der Waals surface area contributed by atoms with Gasteiger partial charge >= 0.3 is 0 Å². The number of allylic oxidation sites excluding steroid dienone is 1. The number of benzene rings is 2. The highest BCUT2D eigenvalue weighted by Gasteiger charge is 2.20. The van der Waals surface area contributed by atoms with Crippen LogP contribution < -0.4 is 9.47 Å². The van der Waals surface area contributed by atoms with Crippen LogP contribution >= 0.6 is 0 Å². The van der Waals surface area contributed by atoms with Crippen molar-refractivity contribution in [3.05, 3.63) is 53.8 Å². The third-order valence-corrected chi connectivity index (χ3v) is 5.91.